The van der Waals surface area contributed by atoms with E-state index in [1.165, 1.54) is 19.3 Å². The molecule has 64 valence electrons. The van der Waals surface area contributed by atoms with Crippen LogP contribution in [0, 0.1) is 5.92 Å². The van der Waals surface area contributed by atoms with Gasteiger partial charge in [0, 0.05) is 6.20 Å². The molecule has 0 bridgehead atoms. The molecule has 1 aliphatic carbocycles. The largest absolute Gasteiger partial charge is 0.382 e. The Balaban J connectivity index is 1.92. The average Bonchev–Trinajstić information content (AvgIpc) is 2.84. The number of hydrogen-bond donors (Lipinski definition) is 1. The molecule has 0 unspecified atom stereocenters. The molecular weight excluding hydrogens is 150 g/mol. The number of nitrogen functional groups attached to an aromatic ring is 1. The molecule has 1 fully saturated rings. The average molecular weight is 163 g/mol. The van der Waals surface area contributed by atoms with Crippen LogP contribution in [0.5, 0.6) is 0 Å². The van der Waals surface area contributed by atoms with E-state index in [-0.39, 0.29) is 0 Å². The van der Waals surface area contributed by atoms with Crippen molar-refractivity contribution in [3.63, 3.8) is 0 Å². The molecule has 0 spiro atoms. The van der Waals surface area contributed by atoms with E-state index in [2.05, 4.69) is 9.97 Å². The third-order valence-corrected chi connectivity index (χ3v) is 2.21. The lowest BCUT2D eigenvalue weighted by Gasteiger charge is -1.98. The Morgan fingerprint density at radius 3 is 2.92 bits per heavy atom. The van der Waals surface area contributed by atoms with Crippen LogP contribution < -0.4 is 5.73 Å². The minimum absolute atomic E-state index is 0.531. The highest BCUT2D eigenvalue weighted by Gasteiger charge is 2.20. The van der Waals surface area contributed by atoms with E-state index in [1.807, 2.05) is 0 Å². The zero-order valence-electron chi connectivity index (χ0n) is 7.03. The SMILES string of the molecule is Nc1cncc(CCC2CC2)n1. The molecular formula is C9H13N3. The second-order valence-electron chi connectivity index (χ2n) is 3.42. The summed E-state index contributed by atoms with van der Waals surface area (Å²) in [5.41, 5.74) is 6.54. The molecule has 1 saturated carbocycles. The van der Waals surface area contributed by atoms with Crippen molar-refractivity contribution >= 4 is 5.82 Å². The van der Waals surface area contributed by atoms with E-state index in [9.17, 15) is 0 Å². The number of anilines is 1. The highest BCUT2D eigenvalue weighted by atomic mass is 14.9. The third kappa shape index (κ3) is 1.94. The van der Waals surface area contributed by atoms with Crippen molar-refractivity contribution in [1.82, 2.24) is 9.97 Å². The molecule has 0 aromatic carbocycles. The number of rotatable bonds is 3. The summed E-state index contributed by atoms with van der Waals surface area (Å²) >= 11 is 0. The molecule has 0 atom stereocenters. The van der Waals surface area contributed by atoms with Crippen LogP contribution in [0.25, 0.3) is 0 Å². The van der Waals surface area contributed by atoms with Crippen LogP contribution in [-0.2, 0) is 6.42 Å². The lowest BCUT2D eigenvalue weighted by Crippen LogP contribution is -1.97. The van der Waals surface area contributed by atoms with Gasteiger partial charge in [0.2, 0.25) is 0 Å². The number of hydrogen-bond acceptors (Lipinski definition) is 3. The van der Waals surface area contributed by atoms with Crippen LogP contribution in [-0.4, -0.2) is 9.97 Å². The van der Waals surface area contributed by atoms with E-state index in [0.717, 1.165) is 18.0 Å². The van der Waals surface area contributed by atoms with Crippen molar-refractivity contribution in [2.24, 2.45) is 5.92 Å². The monoisotopic (exact) mass is 163 g/mol. The topological polar surface area (TPSA) is 51.8 Å². The van der Waals surface area contributed by atoms with Gasteiger partial charge in [-0.25, -0.2) is 4.98 Å². The fraction of sp³-hybridized carbons (Fsp3) is 0.556. The summed E-state index contributed by atoms with van der Waals surface area (Å²) in [6.07, 6.45) is 8.46. The Hall–Kier alpha value is -1.12. The molecule has 1 aromatic rings. The standard InChI is InChI=1S/C9H13N3/c10-9-6-11-5-8(12-9)4-3-7-1-2-7/h5-7H,1-4H2,(H2,10,12). The maximum Gasteiger partial charge on any atom is 0.142 e. The first kappa shape index (κ1) is 7.53. The van der Waals surface area contributed by atoms with E-state index < -0.39 is 0 Å². The van der Waals surface area contributed by atoms with Gasteiger partial charge >= 0.3 is 0 Å². The summed E-state index contributed by atoms with van der Waals surface area (Å²) in [7, 11) is 0. The van der Waals surface area contributed by atoms with Crippen LogP contribution in [0.2, 0.25) is 0 Å². The lowest BCUT2D eigenvalue weighted by atomic mass is 10.2. The summed E-state index contributed by atoms with van der Waals surface area (Å²) in [5, 5.41) is 0. The molecule has 3 heteroatoms. The van der Waals surface area contributed by atoms with Gasteiger partial charge in [-0.05, 0) is 18.8 Å². The summed E-state index contributed by atoms with van der Waals surface area (Å²) in [5.74, 6) is 1.48. The predicted octanol–water partition coefficient (Wildman–Crippen LogP) is 1.40. The Labute approximate surface area is 72.0 Å². The first-order chi connectivity index (χ1) is 5.84. The molecule has 2 N–H and O–H groups in total. The Morgan fingerprint density at radius 1 is 1.42 bits per heavy atom. The Bertz CT molecular complexity index is 268. The zero-order valence-corrected chi connectivity index (χ0v) is 7.03. The summed E-state index contributed by atoms with van der Waals surface area (Å²) in [6.45, 7) is 0. The van der Waals surface area contributed by atoms with Gasteiger partial charge in [0.25, 0.3) is 0 Å². The van der Waals surface area contributed by atoms with Gasteiger partial charge in [0.1, 0.15) is 5.82 Å². The van der Waals surface area contributed by atoms with Crippen LogP contribution >= 0.6 is 0 Å². The third-order valence-electron chi connectivity index (χ3n) is 2.21. The fourth-order valence-electron chi connectivity index (χ4n) is 1.30. The first-order valence-corrected chi connectivity index (χ1v) is 4.41. The van der Waals surface area contributed by atoms with Gasteiger partial charge in [-0.1, -0.05) is 12.8 Å². The van der Waals surface area contributed by atoms with Gasteiger partial charge in [0.05, 0.1) is 11.9 Å². The van der Waals surface area contributed by atoms with Crippen LogP contribution in [0.1, 0.15) is 25.0 Å². The maximum atomic E-state index is 5.51. The molecule has 2 rings (SSSR count). The zero-order chi connectivity index (χ0) is 8.39. The van der Waals surface area contributed by atoms with Crippen molar-refractivity contribution in [1.29, 1.82) is 0 Å². The highest BCUT2D eigenvalue weighted by Crippen LogP contribution is 2.33. The van der Waals surface area contributed by atoms with E-state index in [0.29, 0.717) is 5.82 Å². The predicted molar refractivity (Wildman–Crippen MR) is 47.5 cm³/mol. The van der Waals surface area contributed by atoms with Gasteiger partial charge in [-0.15, -0.1) is 0 Å². The van der Waals surface area contributed by atoms with Crippen LogP contribution in [0.3, 0.4) is 0 Å². The number of aromatic nitrogens is 2. The highest BCUT2D eigenvalue weighted by molar-refractivity contribution is 5.23. The van der Waals surface area contributed by atoms with Crippen molar-refractivity contribution in [3.05, 3.63) is 18.1 Å². The number of nitrogens with two attached hydrogens (primary N) is 1. The minimum atomic E-state index is 0.531. The van der Waals surface area contributed by atoms with E-state index in [1.54, 1.807) is 12.4 Å². The van der Waals surface area contributed by atoms with Gasteiger partial charge in [-0.2, -0.15) is 0 Å². The lowest BCUT2D eigenvalue weighted by molar-refractivity contribution is 0.712. The van der Waals surface area contributed by atoms with E-state index in [4.69, 9.17) is 5.73 Å². The summed E-state index contributed by atoms with van der Waals surface area (Å²) in [6, 6.07) is 0. The van der Waals surface area contributed by atoms with Gasteiger partial charge in [0.15, 0.2) is 0 Å². The quantitative estimate of drug-likeness (QED) is 0.732. The fourth-order valence-corrected chi connectivity index (χ4v) is 1.30. The van der Waals surface area contributed by atoms with Crippen LogP contribution in [0.4, 0.5) is 5.82 Å². The smallest absolute Gasteiger partial charge is 0.142 e. The normalized spacial score (nSPS) is 16.3. The molecule has 0 saturated heterocycles. The minimum Gasteiger partial charge on any atom is -0.382 e. The summed E-state index contributed by atoms with van der Waals surface area (Å²) in [4.78, 5) is 8.18. The van der Waals surface area contributed by atoms with E-state index >= 15 is 0 Å². The number of nitrogens with zero attached hydrogens (tertiary/aromatic N) is 2. The molecule has 0 radical (unpaired) electrons. The first-order valence-electron chi connectivity index (χ1n) is 4.41. The molecule has 1 heterocycles. The molecule has 1 aliphatic rings. The van der Waals surface area contributed by atoms with Crippen molar-refractivity contribution in [2.75, 3.05) is 5.73 Å². The van der Waals surface area contributed by atoms with Crippen molar-refractivity contribution in [2.45, 2.75) is 25.7 Å². The maximum absolute atomic E-state index is 5.51. The van der Waals surface area contributed by atoms with Gasteiger partial charge in [-0.3, -0.25) is 4.98 Å². The Morgan fingerprint density at radius 2 is 2.25 bits per heavy atom. The molecule has 3 nitrogen and oxygen atoms in total. The molecule has 12 heavy (non-hydrogen) atoms. The second kappa shape index (κ2) is 3.09. The second-order valence-corrected chi connectivity index (χ2v) is 3.42. The molecule has 0 aliphatic heterocycles. The molecule has 1 aromatic heterocycles. The summed E-state index contributed by atoms with van der Waals surface area (Å²) < 4.78 is 0. The number of aryl methyl sites for hydroxylation is 1. The van der Waals surface area contributed by atoms with Crippen molar-refractivity contribution < 1.29 is 0 Å². The van der Waals surface area contributed by atoms with Crippen molar-refractivity contribution in [3.8, 4) is 0 Å². The Kier molecular flexibility index (Phi) is 1.94. The van der Waals surface area contributed by atoms with Crippen LogP contribution in [0.15, 0.2) is 12.4 Å². The van der Waals surface area contributed by atoms with Gasteiger partial charge < -0.3 is 5.73 Å². The molecule has 0 amide bonds.